The van der Waals surface area contributed by atoms with Crippen LogP contribution in [0.4, 0.5) is 0 Å². The van der Waals surface area contributed by atoms with Gasteiger partial charge < -0.3 is 13.5 Å². The van der Waals surface area contributed by atoms with Crippen molar-refractivity contribution in [1.29, 1.82) is 5.26 Å². The summed E-state index contributed by atoms with van der Waals surface area (Å²) >= 11 is 0. The topological polar surface area (TPSA) is 71.4 Å². The van der Waals surface area contributed by atoms with Gasteiger partial charge in [0.2, 0.25) is 5.91 Å². The minimum Gasteiger partial charge on any atom is -0.437 e. The number of rotatable bonds is 8. The lowest BCUT2D eigenvalue weighted by molar-refractivity contribution is -0.119. The first kappa shape index (κ1) is 20.5. The number of carbonyl (C=O) groups is 1. The summed E-state index contributed by atoms with van der Waals surface area (Å²) in [6.45, 7) is 16.4. The zero-order valence-electron chi connectivity index (χ0n) is 14.7. The van der Waals surface area contributed by atoms with Crippen LogP contribution in [-0.4, -0.2) is 37.1 Å². The van der Waals surface area contributed by atoms with E-state index in [0.29, 0.717) is 6.42 Å². The van der Waals surface area contributed by atoms with Gasteiger partial charge in [-0.05, 0) is 58.3 Å². The molecule has 5 nitrogen and oxygen atoms in total. The van der Waals surface area contributed by atoms with Gasteiger partial charge in [0.15, 0.2) is 16.6 Å². The van der Waals surface area contributed by atoms with Crippen LogP contribution in [-0.2, 0) is 13.0 Å². The molecule has 1 amide bonds. The highest BCUT2D eigenvalue weighted by molar-refractivity contribution is 6.87. The van der Waals surface area contributed by atoms with Crippen molar-refractivity contribution in [3.63, 3.8) is 0 Å². The zero-order chi connectivity index (χ0) is 16.9. The second kappa shape index (κ2) is 7.69. The molecule has 21 heavy (non-hydrogen) atoms. The van der Waals surface area contributed by atoms with Gasteiger partial charge in [-0.25, -0.2) is 0 Å². The summed E-state index contributed by atoms with van der Waals surface area (Å²) in [6.07, 6.45) is 0.577. The molecule has 8 heteroatoms. The average molecular weight is 347 g/mol. The molecule has 0 heterocycles. The third-order valence-corrected chi connectivity index (χ3v) is 12.0. The van der Waals surface area contributed by atoms with Crippen LogP contribution in [0.2, 0.25) is 51.9 Å². The van der Waals surface area contributed by atoms with E-state index in [1.807, 2.05) is 0 Å². The van der Waals surface area contributed by atoms with Crippen molar-refractivity contribution in [3.8, 4) is 6.07 Å². The second-order valence-corrected chi connectivity index (χ2v) is 20.3. The first-order valence-corrected chi connectivity index (χ1v) is 16.7. The van der Waals surface area contributed by atoms with E-state index >= 15 is 0 Å². The molecule has 0 aromatic rings. The van der Waals surface area contributed by atoms with Crippen molar-refractivity contribution in [3.05, 3.63) is 0 Å². The van der Waals surface area contributed by atoms with Crippen LogP contribution in [0.3, 0.4) is 0 Å². The highest BCUT2D eigenvalue weighted by atomic mass is 28.5. The Morgan fingerprint density at radius 1 is 1.10 bits per heavy atom. The number of hydrogen-bond donors (Lipinski definition) is 1. The summed E-state index contributed by atoms with van der Waals surface area (Å²) in [5, 5.41) is 11.8. The number of amides is 1. The van der Waals surface area contributed by atoms with Gasteiger partial charge in [-0.15, -0.1) is 0 Å². The van der Waals surface area contributed by atoms with E-state index < -0.39 is 31.2 Å². The van der Waals surface area contributed by atoms with Gasteiger partial charge in [0.05, 0.1) is 6.07 Å². The Morgan fingerprint density at radius 3 is 1.81 bits per heavy atom. The van der Waals surface area contributed by atoms with Crippen LogP contribution in [0.1, 0.15) is 13.3 Å². The Hall–Kier alpha value is -0.469. The Kier molecular flexibility index (Phi) is 7.52. The van der Waals surface area contributed by atoms with Crippen LogP contribution in [0.25, 0.3) is 0 Å². The first-order valence-electron chi connectivity index (χ1n) is 7.33. The predicted octanol–water partition coefficient (Wildman–Crippen LogP) is 3.18. The van der Waals surface area contributed by atoms with Crippen molar-refractivity contribution in [1.82, 2.24) is 5.32 Å². The summed E-state index contributed by atoms with van der Waals surface area (Å²) in [5.41, 5.74) is 0. The Morgan fingerprint density at radius 2 is 1.52 bits per heavy atom. The number of nitrogens with one attached hydrogen (secondary N) is 1. The molecule has 1 unspecified atom stereocenters. The van der Waals surface area contributed by atoms with E-state index in [1.54, 1.807) is 0 Å². The molecule has 0 saturated heterocycles. The molecule has 0 aliphatic carbocycles. The van der Waals surface area contributed by atoms with Crippen LogP contribution in [0.15, 0.2) is 0 Å². The standard InChI is InChI=1S/C13H30N2O3Si3/c1-12(16)15-13(11-14)9-10-21(8,17-19(2,3)4)18-20(5,6)7/h13H,9-10H2,1-8H3,(H,15,16). The van der Waals surface area contributed by atoms with Crippen molar-refractivity contribution >= 4 is 31.1 Å². The molecule has 0 radical (unpaired) electrons. The van der Waals surface area contributed by atoms with Gasteiger partial charge in [0.25, 0.3) is 0 Å². The van der Waals surface area contributed by atoms with E-state index in [-0.39, 0.29) is 5.91 Å². The maximum atomic E-state index is 11.1. The van der Waals surface area contributed by atoms with E-state index in [1.165, 1.54) is 6.92 Å². The van der Waals surface area contributed by atoms with E-state index in [4.69, 9.17) is 13.5 Å². The lowest BCUT2D eigenvalue weighted by Crippen LogP contribution is -2.53. The molecule has 0 fully saturated rings. The Balaban J connectivity index is 4.90. The minimum absolute atomic E-state index is 0.179. The largest absolute Gasteiger partial charge is 0.437 e. The molecular formula is C13H30N2O3Si3. The van der Waals surface area contributed by atoms with Gasteiger partial charge >= 0.3 is 8.56 Å². The predicted molar refractivity (Wildman–Crippen MR) is 93.1 cm³/mol. The molecule has 122 valence electrons. The molecule has 0 aliphatic rings. The summed E-state index contributed by atoms with van der Waals surface area (Å²) in [6, 6.07) is 2.39. The molecule has 0 saturated carbocycles. The fourth-order valence-corrected chi connectivity index (χ4v) is 14.8. The summed E-state index contributed by atoms with van der Waals surface area (Å²) in [4.78, 5) is 11.1. The van der Waals surface area contributed by atoms with Crippen molar-refractivity contribution < 1.29 is 13.0 Å². The first-order chi connectivity index (χ1) is 9.26. The lowest BCUT2D eigenvalue weighted by Gasteiger charge is -2.38. The summed E-state index contributed by atoms with van der Waals surface area (Å²) in [7, 11) is -5.77. The van der Waals surface area contributed by atoms with E-state index in [0.717, 1.165) is 6.04 Å². The van der Waals surface area contributed by atoms with E-state index in [2.05, 4.69) is 57.2 Å². The second-order valence-electron chi connectivity index (χ2n) is 7.48. The van der Waals surface area contributed by atoms with Gasteiger partial charge in [-0.1, -0.05) is 0 Å². The molecular weight excluding hydrogens is 316 g/mol. The molecule has 0 aromatic carbocycles. The minimum atomic E-state index is -2.33. The fourth-order valence-electron chi connectivity index (χ4n) is 2.24. The van der Waals surface area contributed by atoms with Crippen LogP contribution >= 0.6 is 0 Å². The summed E-state index contributed by atoms with van der Waals surface area (Å²) < 4.78 is 12.7. The molecule has 0 spiro atoms. The molecule has 0 aliphatic heterocycles. The van der Waals surface area contributed by atoms with Crippen molar-refractivity contribution in [2.24, 2.45) is 0 Å². The monoisotopic (exact) mass is 346 g/mol. The number of nitrogens with zero attached hydrogens (tertiary/aromatic N) is 1. The van der Waals surface area contributed by atoms with Gasteiger partial charge in [0, 0.05) is 6.92 Å². The average Bonchev–Trinajstić information content (AvgIpc) is 2.18. The van der Waals surface area contributed by atoms with Crippen molar-refractivity contribution in [2.45, 2.75) is 71.3 Å². The molecule has 1 atom stereocenters. The fraction of sp³-hybridized carbons (Fsp3) is 0.846. The Bertz CT molecular complexity index is 381. The van der Waals surface area contributed by atoms with Gasteiger partial charge in [-0.3, -0.25) is 4.79 Å². The molecule has 0 rings (SSSR count). The highest BCUT2D eigenvalue weighted by Gasteiger charge is 2.40. The quantitative estimate of drug-likeness (QED) is 0.685. The Labute approximate surface area is 132 Å². The van der Waals surface area contributed by atoms with Crippen LogP contribution in [0.5, 0.6) is 0 Å². The van der Waals surface area contributed by atoms with Crippen LogP contribution in [0, 0.1) is 11.3 Å². The molecule has 1 N–H and O–H groups in total. The smallest absolute Gasteiger partial charge is 0.314 e. The third-order valence-electron chi connectivity index (χ3n) is 2.46. The zero-order valence-corrected chi connectivity index (χ0v) is 17.7. The number of nitriles is 1. The van der Waals surface area contributed by atoms with Crippen LogP contribution < -0.4 is 5.32 Å². The highest BCUT2D eigenvalue weighted by Crippen LogP contribution is 2.26. The molecule has 0 bridgehead atoms. The molecule has 0 aromatic heterocycles. The number of hydrogen-bond acceptors (Lipinski definition) is 4. The lowest BCUT2D eigenvalue weighted by atomic mass is 10.2. The third kappa shape index (κ3) is 10.8. The normalized spacial score (nSPS) is 14.4. The van der Waals surface area contributed by atoms with E-state index in [9.17, 15) is 4.79 Å². The van der Waals surface area contributed by atoms with Gasteiger partial charge in [0.1, 0.15) is 6.04 Å². The van der Waals surface area contributed by atoms with Gasteiger partial charge in [-0.2, -0.15) is 5.26 Å². The van der Waals surface area contributed by atoms with Crippen molar-refractivity contribution in [2.75, 3.05) is 0 Å². The SMILES string of the molecule is CC(=O)NC(C#N)CC[Si](C)(O[Si](C)(C)C)O[Si](C)(C)C. The maximum absolute atomic E-state index is 11.1. The summed E-state index contributed by atoms with van der Waals surface area (Å²) in [5.74, 6) is -0.179. The maximum Gasteiger partial charge on any atom is 0.314 e. The number of carbonyl (C=O) groups excluding carboxylic acids is 1.